The topological polar surface area (TPSA) is 81.7 Å². The first kappa shape index (κ1) is 15.9. The molecule has 2 fully saturated rings. The van der Waals surface area contributed by atoms with Crippen LogP contribution in [0.3, 0.4) is 0 Å². The predicted octanol–water partition coefficient (Wildman–Crippen LogP) is -0.125. The van der Waals surface area contributed by atoms with E-state index in [4.69, 9.17) is 0 Å². The number of anilines is 1. The van der Waals surface area contributed by atoms with Crippen LogP contribution in [0.4, 0.5) is 10.1 Å². The first-order chi connectivity index (χ1) is 11.1. The summed E-state index contributed by atoms with van der Waals surface area (Å²) >= 11 is 0. The number of para-hydroxylation sites is 1. The molecule has 0 saturated carbocycles. The van der Waals surface area contributed by atoms with Crippen LogP contribution in [0.5, 0.6) is 0 Å². The average molecular weight is 321 g/mol. The Morgan fingerprint density at radius 2 is 2.17 bits per heavy atom. The van der Waals surface area contributed by atoms with Crippen LogP contribution in [-0.4, -0.2) is 49.2 Å². The molecule has 3 atom stereocenters. The molecule has 2 saturated heterocycles. The standard InChI is InChI=1S/C16H20FN3O3/c17-12-3-1-2-4-13(12)20-9-10(5-15(20)22)16(23)19-7-11-6-18-8-14(11)21/h1-4,10-11,14,18,21H,5-9H2,(H,19,23). The summed E-state index contributed by atoms with van der Waals surface area (Å²) in [5, 5.41) is 15.6. The van der Waals surface area contributed by atoms with Gasteiger partial charge in [-0.2, -0.15) is 0 Å². The molecule has 7 heteroatoms. The quantitative estimate of drug-likeness (QED) is 0.722. The molecule has 3 unspecified atom stereocenters. The number of β-amino-alcohol motifs (C(OH)–C–C–N with tert-alkyl or cyclic N) is 1. The van der Waals surface area contributed by atoms with Crippen molar-refractivity contribution < 1.29 is 19.1 Å². The minimum Gasteiger partial charge on any atom is -0.391 e. The number of amides is 2. The molecule has 3 N–H and O–H groups in total. The molecule has 0 radical (unpaired) electrons. The number of aliphatic hydroxyl groups excluding tert-OH is 1. The van der Waals surface area contributed by atoms with Crippen molar-refractivity contribution in [3.63, 3.8) is 0 Å². The molecule has 2 aliphatic rings. The van der Waals surface area contributed by atoms with Gasteiger partial charge in [0.2, 0.25) is 11.8 Å². The van der Waals surface area contributed by atoms with Gasteiger partial charge in [0.05, 0.1) is 17.7 Å². The molecule has 23 heavy (non-hydrogen) atoms. The number of aliphatic hydroxyl groups is 1. The monoisotopic (exact) mass is 321 g/mol. The fourth-order valence-electron chi connectivity index (χ4n) is 3.09. The number of hydrogen-bond acceptors (Lipinski definition) is 4. The summed E-state index contributed by atoms with van der Waals surface area (Å²) in [7, 11) is 0. The fraction of sp³-hybridized carbons (Fsp3) is 0.500. The number of rotatable bonds is 4. The summed E-state index contributed by atoms with van der Waals surface area (Å²) in [6.45, 7) is 1.74. The van der Waals surface area contributed by atoms with E-state index < -0.39 is 17.8 Å². The number of nitrogens with zero attached hydrogens (tertiary/aromatic N) is 1. The largest absolute Gasteiger partial charge is 0.391 e. The highest BCUT2D eigenvalue weighted by Gasteiger charge is 2.36. The van der Waals surface area contributed by atoms with Gasteiger partial charge in [0.15, 0.2) is 0 Å². The van der Waals surface area contributed by atoms with Gasteiger partial charge in [0.1, 0.15) is 5.82 Å². The number of carbonyl (C=O) groups is 2. The third kappa shape index (κ3) is 3.35. The van der Waals surface area contributed by atoms with Crippen molar-refractivity contribution >= 4 is 17.5 Å². The van der Waals surface area contributed by atoms with Gasteiger partial charge in [0, 0.05) is 38.5 Å². The molecule has 1 aromatic rings. The van der Waals surface area contributed by atoms with E-state index in [0.717, 1.165) is 0 Å². The lowest BCUT2D eigenvalue weighted by molar-refractivity contribution is -0.126. The van der Waals surface area contributed by atoms with Gasteiger partial charge < -0.3 is 20.6 Å². The number of benzene rings is 1. The van der Waals surface area contributed by atoms with Crippen LogP contribution < -0.4 is 15.5 Å². The van der Waals surface area contributed by atoms with Gasteiger partial charge >= 0.3 is 0 Å². The van der Waals surface area contributed by atoms with Crippen LogP contribution in [0.1, 0.15) is 6.42 Å². The van der Waals surface area contributed by atoms with Gasteiger partial charge in [-0.25, -0.2) is 4.39 Å². The molecule has 3 rings (SSSR count). The molecule has 6 nitrogen and oxygen atoms in total. The Bertz CT molecular complexity index is 610. The average Bonchev–Trinajstić information content (AvgIpc) is 3.11. The summed E-state index contributed by atoms with van der Waals surface area (Å²) in [4.78, 5) is 25.6. The summed E-state index contributed by atoms with van der Waals surface area (Å²) in [6, 6.07) is 6.05. The van der Waals surface area contributed by atoms with Crippen molar-refractivity contribution in [2.75, 3.05) is 31.1 Å². The maximum Gasteiger partial charge on any atom is 0.227 e. The Morgan fingerprint density at radius 3 is 2.87 bits per heavy atom. The van der Waals surface area contributed by atoms with E-state index >= 15 is 0 Å². The van der Waals surface area contributed by atoms with Crippen LogP contribution in [0.25, 0.3) is 0 Å². The number of nitrogens with one attached hydrogen (secondary N) is 2. The number of halogens is 1. The lowest BCUT2D eigenvalue weighted by atomic mass is 10.0. The van der Waals surface area contributed by atoms with Crippen LogP contribution in [-0.2, 0) is 9.59 Å². The number of carbonyl (C=O) groups excluding carboxylic acids is 2. The molecular weight excluding hydrogens is 301 g/mol. The zero-order valence-electron chi connectivity index (χ0n) is 12.7. The molecule has 2 heterocycles. The molecule has 0 aliphatic carbocycles. The van der Waals surface area contributed by atoms with Gasteiger partial charge in [0.25, 0.3) is 0 Å². The van der Waals surface area contributed by atoms with Crippen LogP contribution in [0.2, 0.25) is 0 Å². The van der Waals surface area contributed by atoms with Crippen molar-refractivity contribution in [2.24, 2.45) is 11.8 Å². The summed E-state index contributed by atoms with van der Waals surface area (Å²) in [5.41, 5.74) is 0.211. The lowest BCUT2D eigenvalue weighted by Gasteiger charge is -2.18. The Kier molecular flexibility index (Phi) is 4.58. The second-order valence-electron chi connectivity index (χ2n) is 6.09. The summed E-state index contributed by atoms with van der Waals surface area (Å²) in [6.07, 6.45) is -0.388. The maximum absolute atomic E-state index is 13.8. The van der Waals surface area contributed by atoms with E-state index in [2.05, 4.69) is 10.6 Å². The number of hydrogen-bond donors (Lipinski definition) is 3. The predicted molar refractivity (Wildman–Crippen MR) is 82.2 cm³/mol. The molecule has 2 aliphatic heterocycles. The van der Waals surface area contributed by atoms with Crippen molar-refractivity contribution in [1.29, 1.82) is 0 Å². The first-order valence-electron chi connectivity index (χ1n) is 7.77. The van der Waals surface area contributed by atoms with Crippen molar-refractivity contribution in [2.45, 2.75) is 12.5 Å². The summed E-state index contributed by atoms with van der Waals surface area (Å²) in [5.74, 6) is -1.46. The minimum atomic E-state index is -0.492. The van der Waals surface area contributed by atoms with Crippen molar-refractivity contribution in [3.8, 4) is 0 Å². The molecular formula is C16H20FN3O3. The fourth-order valence-corrected chi connectivity index (χ4v) is 3.09. The maximum atomic E-state index is 13.8. The van der Waals surface area contributed by atoms with E-state index in [1.54, 1.807) is 12.1 Å². The van der Waals surface area contributed by atoms with E-state index in [1.165, 1.54) is 17.0 Å². The lowest BCUT2D eigenvalue weighted by Crippen LogP contribution is -2.38. The second kappa shape index (κ2) is 6.64. The van der Waals surface area contributed by atoms with Crippen LogP contribution in [0.15, 0.2) is 24.3 Å². The Morgan fingerprint density at radius 1 is 1.39 bits per heavy atom. The Labute approximate surface area is 133 Å². The highest BCUT2D eigenvalue weighted by molar-refractivity contribution is 6.00. The van der Waals surface area contributed by atoms with Gasteiger partial charge in [-0.15, -0.1) is 0 Å². The van der Waals surface area contributed by atoms with Gasteiger partial charge in [-0.1, -0.05) is 12.1 Å². The Balaban J connectivity index is 1.58. The molecule has 0 bridgehead atoms. The molecule has 124 valence electrons. The van der Waals surface area contributed by atoms with Crippen molar-refractivity contribution in [3.05, 3.63) is 30.1 Å². The zero-order valence-corrected chi connectivity index (χ0v) is 12.7. The normalized spacial score (nSPS) is 27.5. The van der Waals surface area contributed by atoms with Gasteiger partial charge in [-0.05, 0) is 12.1 Å². The minimum absolute atomic E-state index is 0.0151. The third-order valence-electron chi connectivity index (χ3n) is 4.48. The van der Waals surface area contributed by atoms with Crippen molar-refractivity contribution in [1.82, 2.24) is 10.6 Å². The highest BCUT2D eigenvalue weighted by Crippen LogP contribution is 2.27. The second-order valence-corrected chi connectivity index (χ2v) is 6.09. The SMILES string of the molecule is O=C(NCC1CNCC1O)C1CC(=O)N(c2ccccc2F)C1. The van der Waals surface area contributed by atoms with Crippen LogP contribution >= 0.6 is 0 Å². The highest BCUT2D eigenvalue weighted by atomic mass is 19.1. The van der Waals surface area contributed by atoms with Gasteiger partial charge in [-0.3, -0.25) is 9.59 Å². The van der Waals surface area contributed by atoms with E-state index in [-0.39, 0.29) is 36.4 Å². The Hall–Kier alpha value is -1.99. The summed E-state index contributed by atoms with van der Waals surface area (Å²) < 4.78 is 13.8. The smallest absolute Gasteiger partial charge is 0.227 e. The molecule has 1 aromatic carbocycles. The van der Waals surface area contributed by atoms with E-state index in [0.29, 0.717) is 19.6 Å². The zero-order chi connectivity index (χ0) is 16.4. The molecule has 0 spiro atoms. The van der Waals surface area contributed by atoms with E-state index in [1.807, 2.05) is 0 Å². The molecule has 2 amide bonds. The third-order valence-corrected chi connectivity index (χ3v) is 4.48. The van der Waals surface area contributed by atoms with Crippen LogP contribution in [0, 0.1) is 17.7 Å². The van der Waals surface area contributed by atoms with E-state index in [9.17, 15) is 19.1 Å². The first-order valence-corrected chi connectivity index (χ1v) is 7.77. The molecule has 0 aromatic heterocycles.